The molecule has 0 radical (unpaired) electrons. The van der Waals surface area contributed by atoms with Crippen molar-refractivity contribution < 1.29 is 4.79 Å². The van der Waals surface area contributed by atoms with E-state index in [0.29, 0.717) is 6.54 Å². The molecule has 0 spiro atoms. The highest BCUT2D eigenvalue weighted by atomic mass is 16.1. The maximum atomic E-state index is 12.4. The van der Waals surface area contributed by atoms with Crippen molar-refractivity contribution in [1.29, 1.82) is 0 Å². The molecule has 4 bridgehead atoms. The number of amides is 1. The summed E-state index contributed by atoms with van der Waals surface area (Å²) in [4.78, 5) is 17.5. The van der Waals surface area contributed by atoms with E-state index in [4.69, 9.17) is 4.98 Å². The van der Waals surface area contributed by atoms with Gasteiger partial charge in [-0.15, -0.1) is 0 Å². The first-order valence-corrected chi connectivity index (χ1v) is 9.50. The van der Waals surface area contributed by atoms with Crippen molar-refractivity contribution in [2.24, 2.45) is 17.8 Å². The lowest BCUT2D eigenvalue weighted by Gasteiger charge is -2.56. The molecule has 4 saturated carbocycles. The summed E-state index contributed by atoms with van der Waals surface area (Å²) in [6, 6.07) is 6.01. The Bertz CT molecular complexity index is 830. The molecule has 1 amide bonds. The molecule has 7 rings (SSSR count). The van der Waals surface area contributed by atoms with Crippen LogP contribution in [0.1, 0.15) is 54.7 Å². The molecule has 1 aromatic carbocycles. The van der Waals surface area contributed by atoms with Gasteiger partial charge in [0.2, 0.25) is 0 Å². The van der Waals surface area contributed by atoms with E-state index in [1.54, 1.807) is 0 Å². The predicted molar refractivity (Wildman–Crippen MR) is 91.9 cm³/mol. The van der Waals surface area contributed by atoms with Crippen molar-refractivity contribution in [1.82, 2.24) is 14.9 Å². The highest BCUT2D eigenvalue weighted by Crippen LogP contribution is 2.60. The Balaban J connectivity index is 1.59. The van der Waals surface area contributed by atoms with Crippen LogP contribution in [0.3, 0.4) is 0 Å². The van der Waals surface area contributed by atoms with Gasteiger partial charge in [0.15, 0.2) is 0 Å². The lowest BCUT2D eigenvalue weighted by atomic mass is 9.49. The van der Waals surface area contributed by atoms with E-state index in [1.807, 2.05) is 12.1 Å². The number of aromatic nitrogens is 2. The third kappa shape index (κ3) is 1.64. The summed E-state index contributed by atoms with van der Waals surface area (Å²) >= 11 is 0. The zero-order valence-corrected chi connectivity index (χ0v) is 13.9. The number of nitrogens with zero attached hydrogens (tertiary/aromatic N) is 2. The fourth-order valence-electron chi connectivity index (χ4n) is 6.75. The van der Waals surface area contributed by atoms with Gasteiger partial charge < -0.3 is 9.88 Å². The molecular formula is C20H23N3O. The van der Waals surface area contributed by atoms with Gasteiger partial charge in [-0.05, 0) is 68.4 Å². The van der Waals surface area contributed by atoms with Gasteiger partial charge in [-0.2, -0.15) is 0 Å². The Morgan fingerprint density at radius 3 is 2.50 bits per heavy atom. The highest BCUT2D eigenvalue weighted by Gasteiger charge is 2.53. The number of carbonyl (C=O) groups is 1. The molecule has 4 aliphatic carbocycles. The fraction of sp³-hybridized carbons (Fsp3) is 0.600. The lowest BCUT2D eigenvalue weighted by molar-refractivity contribution is -0.0107. The number of para-hydroxylation sites is 1. The van der Waals surface area contributed by atoms with Gasteiger partial charge in [-0.3, -0.25) is 4.79 Å². The Morgan fingerprint density at radius 1 is 1.08 bits per heavy atom. The van der Waals surface area contributed by atoms with E-state index in [9.17, 15) is 4.79 Å². The first kappa shape index (κ1) is 13.5. The van der Waals surface area contributed by atoms with Crippen LogP contribution >= 0.6 is 0 Å². The van der Waals surface area contributed by atoms with E-state index in [0.717, 1.165) is 40.9 Å². The second-order valence-electron chi connectivity index (χ2n) is 8.71. The minimum atomic E-state index is 0.0521. The summed E-state index contributed by atoms with van der Waals surface area (Å²) in [5, 5.41) is 3.05. The Morgan fingerprint density at radius 2 is 1.79 bits per heavy atom. The van der Waals surface area contributed by atoms with Crippen LogP contribution in [0.15, 0.2) is 18.2 Å². The van der Waals surface area contributed by atoms with E-state index >= 15 is 0 Å². The van der Waals surface area contributed by atoms with Crippen molar-refractivity contribution in [3.05, 3.63) is 29.6 Å². The average Bonchev–Trinajstić information content (AvgIpc) is 2.84. The number of carbonyl (C=O) groups excluding carboxylic acids is 1. The largest absolute Gasteiger partial charge is 0.350 e. The number of nitrogens with one attached hydrogen (secondary N) is 1. The zero-order valence-electron chi connectivity index (χ0n) is 13.9. The SMILES string of the molecule is O=C1NCCn2c(C34CC5CC(CC(C5)C3)C4)nc3cccc1c32. The van der Waals surface area contributed by atoms with Crippen LogP contribution in [0.4, 0.5) is 0 Å². The van der Waals surface area contributed by atoms with E-state index in [1.165, 1.54) is 44.3 Å². The Kier molecular flexibility index (Phi) is 2.47. The van der Waals surface area contributed by atoms with Gasteiger partial charge in [0.25, 0.3) is 5.91 Å². The van der Waals surface area contributed by atoms with Crippen LogP contribution < -0.4 is 5.32 Å². The van der Waals surface area contributed by atoms with Gasteiger partial charge in [0, 0.05) is 18.5 Å². The van der Waals surface area contributed by atoms with Crippen LogP contribution in [-0.2, 0) is 12.0 Å². The number of imidazole rings is 1. The summed E-state index contributed by atoms with van der Waals surface area (Å²) in [6.07, 6.45) is 8.30. The van der Waals surface area contributed by atoms with Crippen molar-refractivity contribution in [3.8, 4) is 0 Å². The highest BCUT2D eigenvalue weighted by molar-refractivity contribution is 6.05. The predicted octanol–water partition coefficient (Wildman–Crippen LogP) is 3.25. The maximum absolute atomic E-state index is 12.4. The fourth-order valence-corrected chi connectivity index (χ4v) is 6.75. The topological polar surface area (TPSA) is 46.9 Å². The number of benzene rings is 1. The second-order valence-corrected chi connectivity index (χ2v) is 8.71. The van der Waals surface area contributed by atoms with Crippen molar-refractivity contribution in [2.45, 2.75) is 50.5 Å². The number of hydrogen-bond acceptors (Lipinski definition) is 2. The number of hydrogen-bond donors (Lipinski definition) is 1. The third-order valence-electron chi connectivity index (χ3n) is 7.14. The van der Waals surface area contributed by atoms with E-state index in [-0.39, 0.29) is 11.3 Å². The molecule has 1 N–H and O–H groups in total. The standard InChI is InChI=1S/C20H23N3O/c24-18-15-2-1-3-16-17(15)23(5-4-21-18)19(22-16)20-9-12-6-13(10-20)8-14(7-12)11-20/h1-3,12-14H,4-11H2,(H,21,24). The summed E-state index contributed by atoms with van der Waals surface area (Å²) in [6.45, 7) is 1.56. The third-order valence-corrected chi connectivity index (χ3v) is 7.14. The van der Waals surface area contributed by atoms with Crippen LogP contribution in [0.25, 0.3) is 11.0 Å². The molecule has 4 fully saturated rings. The molecule has 0 atom stereocenters. The minimum Gasteiger partial charge on any atom is -0.350 e. The molecule has 1 aliphatic heterocycles. The molecular weight excluding hydrogens is 298 g/mol. The molecule has 0 unspecified atom stereocenters. The average molecular weight is 321 g/mol. The van der Waals surface area contributed by atoms with Gasteiger partial charge >= 0.3 is 0 Å². The summed E-state index contributed by atoms with van der Waals surface area (Å²) in [5.41, 5.74) is 3.15. The van der Waals surface area contributed by atoms with Crippen LogP contribution in [0.5, 0.6) is 0 Å². The Hall–Kier alpha value is -1.84. The van der Waals surface area contributed by atoms with Crippen molar-refractivity contribution in [2.75, 3.05) is 6.54 Å². The summed E-state index contributed by atoms with van der Waals surface area (Å²) in [5.74, 6) is 4.08. The number of rotatable bonds is 1. The Labute approximate surface area is 141 Å². The van der Waals surface area contributed by atoms with E-state index < -0.39 is 0 Å². The van der Waals surface area contributed by atoms with Crippen LogP contribution in [0.2, 0.25) is 0 Å². The van der Waals surface area contributed by atoms with Gasteiger partial charge in [0.1, 0.15) is 5.82 Å². The lowest BCUT2D eigenvalue weighted by Crippen LogP contribution is -2.49. The van der Waals surface area contributed by atoms with Gasteiger partial charge in [0.05, 0.1) is 16.6 Å². The normalized spacial score (nSPS) is 36.8. The molecule has 24 heavy (non-hydrogen) atoms. The molecule has 4 heteroatoms. The molecule has 2 aromatic rings. The zero-order chi connectivity index (χ0) is 15.9. The van der Waals surface area contributed by atoms with Crippen LogP contribution in [0, 0.1) is 17.8 Å². The van der Waals surface area contributed by atoms with Gasteiger partial charge in [-0.1, -0.05) is 6.07 Å². The molecule has 0 saturated heterocycles. The van der Waals surface area contributed by atoms with Crippen molar-refractivity contribution >= 4 is 16.9 Å². The monoisotopic (exact) mass is 321 g/mol. The van der Waals surface area contributed by atoms with E-state index in [2.05, 4.69) is 16.0 Å². The summed E-state index contributed by atoms with van der Waals surface area (Å²) in [7, 11) is 0. The maximum Gasteiger partial charge on any atom is 0.253 e. The van der Waals surface area contributed by atoms with Crippen LogP contribution in [-0.4, -0.2) is 22.0 Å². The molecule has 4 nitrogen and oxygen atoms in total. The molecule has 5 aliphatic rings. The molecule has 124 valence electrons. The molecule has 2 heterocycles. The first-order valence-electron chi connectivity index (χ1n) is 9.50. The molecule has 1 aromatic heterocycles. The quantitative estimate of drug-likeness (QED) is 0.876. The summed E-state index contributed by atoms with van der Waals surface area (Å²) < 4.78 is 2.40. The van der Waals surface area contributed by atoms with Gasteiger partial charge in [-0.25, -0.2) is 4.98 Å². The minimum absolute atomic E-state index is 0.0521. The second kappa shape index (κ2) is 4.41. The smallest absolute Gasteiger partial charge is 0.253 e. The van der Waals surface area contributed by atoms with Crippen molar-refractivity contribution in [3.63, 3.8) is 0 Å². The first-order chi connectivity index (χ1) is 11.7.